The standard InChI is InChI=1S/C16H22FNO4/c1-11(8-12-4-3-5-13(17)10-12)9-15(19)18-14(16(20)21)6-7-22-2/h3-5,10-11,14H,6-9H2,1-2H3,(H,18,19)(H,20,21). The fourth-order valence-electron chi connectivity index (χ4n) is 2.20. The Morgan fingerprint density at radius 2 is 2.14 bits per heavy atom. The number of hydrogen-bond donors (Lipinski definition) is 2. The first kappa shape index (κ1) is 18.1. The van der Waals surface area contributed by atoms with Crippen LogP contribution in [0.1, 0.15) is 25.3 Å². The number of carbonyl (C=O) groups excluding carboxylic acids is 1. The number of amides is 1. The molecular formula is C16H22FNO4. The number of benzene rings is 1. The Labute approximate surface area is 129 Å². The van der Waals surface area contributed by atoms with E-state index in [1.54, 1.807) is 12.1 Å². The maximum Gasteiger partial charge on any atom is 0.326 e. The highest BCUT2D eigenvalue weighted by atomic mass is 19.1. The molecular weight excluding hydrogens is 289 g/mol. The van der Waals surface area contributed by atoms with Gasteiger partial charge in [0, 0.05) is 26.6 Å². The molecule has 0 aromatic heterocycles. The predicted molar refractivity (Wildman–Crippen MR) is 79.9 cm³/mol. The smallest absolute Gasteiger partial charge is 0.326 e. The second-order valence-corrected chi connectivity index (χ2v) is 5.38. The summed E-state index contributed by atoms with van der Waals surface area (Å²) in [7, 11) is 1.47. The van der Waals surface area contributed by atoms with Crippen LogP contribution in [0.4, 0.5) is 4.39 Å². The largest absolute Gasteiger partial charge is 0.480 e. The monoisotopic (exact) mass is 311 g/mol. The average molecular weight is 311 g/mol. The molecule has 1 aromatic rings. The Hall–Kier alpha value is -1.95. The van der Waals surface area contributed by atoms with Gasteiger partial charge < -0.3 is 15.2 Å². The molecule has 0 saturated carbocycles. The fraction of sp³-hybridized carbons (Fsp3) is 0.500. The summed E-state index contributed by atoms with van der Waals surface area (Å²) in [5, 5.41) is 11.5. The van der Waals surface area contributed by atoms with Crippen LogP contribution in [-0.2, 0) is 20.7 Å². The first-order chi connectivity index (χ1) is 10.4. The molecule has 2 unspecified atom stereocenters. The molecule has 1 rings (SSSR count). The lowest BCUT2D eigenvalue weighted by Gasteiger charge is -2.16. The summed E-state index contributed by atoms with van der Waals surface area (Å²) in [6.07, 6.45) is 0.962. The van der Waals surface area contributed by atoms with E-state index in [-0.39, 0.29) is 37.1 Å². The van der Waals surface area contributed by atoms with Gasteiger partial charge in [-0.25, -0.2) is 9.18 Å². The summed E-state index contributed by atoms with van der Waals surface area (Å²) in [6, 6.07) is 5.29. The van der Waals surface area contributed by atoms with Crippen molar-refractivity contribution in [3.63, 3.8) is 0 Å². The second kappa shape index (κ2) is 9.15. The lowest BCUT2D eigenvalue weighted by Crippen LogP contribution is -2.42. The van der Waals surface area contributed by atoms with Gasteiger partial charge in [-0.15, -0.1) is 0 Å². The van der Waals surface area contributed by atoms with Crippen LogP contribution in [0.2, 0.25) is 0 Å². The molecule has 2 atom stereocenters. The third-order valence-electron chi connectivity index (χ3n) is 3.25. The molecule has 0 saturated heterocycles. The number of carbonyl (C=O) groups is 2. The summed E-state index contributed by atoms with van der Waals surface area (Å²) >= 11 is 0. The first-order valence-corrected chi connectivity index (χ1v) is 7.18. The number of rotatable bonds is 9. The van der Waals surface area contributed by atoms with Crippen LogP contribution in [0.3, 0.4) is 0 Å². The molecule has 0 fully saturated rings. The summed E-state index contributed by atoms with van der Waals surface area (Å²) in [5.41, 5.74) is 0.814. The van der Waals surface area contributed by atoms with Crippen molar-refractivity contribution in [2.45, 2.75) is 32.2 Å². The minimum atomic E-state index is -1.08. The van der Waals surface area contributed by atoms with E-state index in [0.29, 0.717) is 6.42 Å². The molecule has 122 valence electrons. The molecule has 1 aromatic carbocycles. The molecule has 0 aliphatic heterocycles. The van der Waals surface area contributed by atoms with E-state index in [2.05, 4.69) is 5.32 Å². The van der Waals surface area contributed by atoms with E-state index in [9.17, 15) is 14.0 Å². The summed E-state index contributed by atoms with van der Waals surface area (Å²) in [5.74, 6) is -1.73. The third-order valence-corrected chi connectivity index (χ3v) is 3.25. The molecule has 6 heteroatoms. The highest BCUT2D eigenvalue weighted by Crippen LogP contribution is 2.13. The third kappa shape index (κ3) is 6.67. The van der Waals surface area contributed by atoms with E-state index >= 15 is 0 Å². The van der Waals surface area contributed by atoms with Crippen LogP contribution in [-0.4, -0.2) is 36.7 Å². The van der Waals surface area contributed by atoms with Crippen molar-refractivity contribution < 1.29 is 23.8 Å². The number of ether oxygens (including phenoxy) is 1. The highest BCUT2D eigenvalue weighted by molar-refractivity contribution is 5.83. The Bertz CT molecular complexity index is 507. The maximum atomic E-state index is 13.1. The predicted octanol–water partition coefficient (Wildman–Crippen LogP) is 2.00. The number of methoxy groups -OCH3 is 1. The first-order valence-electron chi connectivity index (χ1n) is 7.18. The van der Waals surface area contributed by atoms with Crippen LogP contribution in [0.15, 0.2) is 24.3 Å². The zero-order valence-electron chi connectivity index (χ0n) is 12.8. The molecule has 0 bridgehead atoms. The number of nitrogens with one attached hydrogen (secondary N) is 1. The number of aliphatic carboxylic acids is 1. The van der Waals surface area contributed by atoms with Gasteiger partial charge in [0.1, 0.15) is 11.9 Å². The van der Waals surface area contributed by atoms with Gasteiger partial charge in [-0.1, -0.05) is 19.1 Å². The summed E-state index contributed by atoms with van der Waals surface area (Å²) < 4.78 is 17.9. The number of carboxylic acid groups (broad SMARTS) is 1. The lowest BCUT2D eigenvalue weighted by molar-refractivity contribution is -0.142. The van der Waals surface area contributed by atoms with Crippen LogP contribution < -0.4 is 5.32 Å². The zero-order chi connectivity index (χ0) is 16.5. The van der Waals surface area contributed by atoms with Crippen molar-refractivity contribution in [2.75, 3.05) is 13.7 Å². The molecule has 0 heterocycles. The van der Waals surface area contributed by atoms with Crippen molar-refractivity contribution in [1.29, 1.82) is 0 Å². The van der Waals surface area contributed by atoms with Gasteiger partial charge in [-0.2, -0.15) is 0 Å². The topological polar surface area (TPSA) is 75.6 Å². The van der Waals surface area contributed by atoms with Gasteiger partial charge in [-0.3, -0.25) is 4.79 Å². The second-order valence-electron chi connectivity index (χ2n) is 5.38. The van der Waals surface area contributed by atoms with Gasteiger partial charge in [-0.05, 0) is 30.0 Å². The Morgan fingerprint density at radius 1 is 1.41 bits per heavy atom. The van der Waals surface area contributed by atoms with Crippen molar-refractivity contribution in [3.05, 3.63) is 35.6 Å². The van der Waals surface area contributed by atoms with Crippen LogP contribution in [0.5, 0.6) is 0 Å². The Balaban J connectivity index is 2.47. The molecule has 0 aliphatic carbocycles. The molecule has 5 nitrogen and oxygen atoms in total. The zero-order valence-corrected chi connectivity index (χ0v) is 12.8. The Kier molecular flexibility index (Phi) is 7.52. The van der Waals surface area contributed by atoms with Crippen LogP contribution >= 0.6 is 0 Å². The van der Waals surface area contributed by atoms with Crippen molar-refractivity contribution >= 4 is 11.9 Å². The van der Waals surface area contributed by atoms with Gasteiger partial charge in [0.2, 0.25) is 5.91 Å². The molecule has 0 radical (unpaired) electrons. The number of carboxylic acids is 1. The van der Waals surface area contributed by atoms with E-state index in [1.807, 2.05) is 6.92 Å². The minimum Gasteiger partial charge on any atom is -0.480 e. The van der Waals surface area contributed by atoms with E-state index < -0.39 is 12.0 Å². The van der Waals surface area contributed by atoms with Crippen LogP contribution in [0, 0.1) is 11.7 Å². The highest BCUT2D eigenvalue weighted by Gasteiger charge is 2.20. The van der Waals surface area contributed by atoms with Crippen molar-refractivity contribution in [2.24, 2.45) is 5.92 Å². The minimum absolute atomic E-state index is 0.0151. The van der Waals surface area contributed by atoms with Crippen molar-refractivity contribution in [3.8, 4) is 0 Å². The van der Waals surface area contributed by atoms with E-state index in [1.165, 1.54) is 19.2 Å². The summed E-state index contributed by atoms with van der Waals surface area (Å²) in [6.45, 7) is 2.13. The van der Waals surface area contributed by atoms with Gasteiger partial charge in [0.25, 0.3) is 0 Å². The number of halogens is 1. The Morgan fingerprint density at radius 3 is 2.73 bits per heavy atom. The molecule has 0 aliphatic rings. The maximum absolute atomic E-state index is 13.1. The van der Waals surface area contributed by atoms with Gasteiger partial charge >= 0.3 is 5.97 Å². The molecule has 1 amide bonds. The SMILES string of the molecule is COCCC(NC(=O)CC(C)Cc1cccc(F)c1)C(=O)O. The molecule has 22 heavy (non-hydrogen) atoms. The number of hydrogen-bond acceptors (Lipinski definition) is 3. The quantitative estimate of drug-likeness (QED) is 0.731. The van der Waals surface area contributed by atoms with E-state index in [0.717, 1.165) is 5.56 Å². The normalized spacial score (nSPS) is 13.4. The van der Waals surface area contributed by atoms with Crippen LogP contribution in [0.25, 0.3) is 0 Å². The van der Waals surface area contributed by atoms with Gasteiger partial charge in [0.05, 0.1) is 0 Å². The molecule has 0 spiro atoms. The fourth-order valence-corrected chi connectivity index (χ4v) is 2.20. The van der Waals surface area contributed by atoms with Gasteiger partial charge in [0.15, 0.2) is 0 Å². The van der Waals surface area contributed by atoms with E-state index in [4.69, 9.17) is 9.84 Å². The van der Waals surface area contributed by atoms with Crippen molar-refractivity contribution in [1.82, 2.24) is 5.32 Å². The average Bonchev–Trinajstić information content (AvgIpc) is 2.42. The molecule has 2 N–H and O–H groups in total. The summed E-state index contributed by atoms with van der Waals surface area (Å²) in [4.78, 5) is 22.9. The lowest BCUT2D eigenvalue weighted by atomic mass is 9.97.